The summed E-state index contributed by atoms with van der Waals surface area (Å²) in [5.74, 6) is -8.58. The van der Waals surface area contributed by atoms with Gasteiger partial charge in [-0.1, -0.05) is 91.8 Å². The molecule has 0 aliphatic carbocycles. The van der Waals surface area contributed by atoms with Gasteiger partial charge in [0.05, 0.1) is 6.54 Å². The van der Waals surface area contributed by atoms with Gasteiger partial charge in [-0.3, -0.25) is 48.3 Å². The number of imide groups is 3. The Morgan fingerprint density at radius 3 is 1.05 bits per heavy atom. The fourth-order valence-electron chi connectivity index (χ4n) is 6.62. The monoisotopic (exact) mass is 821 g/mol. The second kappa shape index (κ2) is 22.9. The van der Waals surface area contributed by atoms with Crippen molar-refractivity contribution in [2.75, 3.05) is 6.54 Å². The lowest BCUT2D eigenvalue weighted by Gasteiger charge is -2.38. The lowest BCUT2D eigenvalue weighted by molar-refractivity contribution is -0.157. The molecule has 0 fully saturated rings. The molecule has 0 heterocycles. The molecule has 0 spiro atoms. The van der Waals surface area contributed by atoms with E-state index < -0.39 is 96.0 Å². The largest absolute Gasteiger partial charge is 0.465 e. The summed E-state index contributed by atoms with van der Waals surface area (Å²) in [7, 11) is 0. The summed E-state index contributed by atoms with van der Waals surface area (Å²) in [6.45, 7) is 13.9. The summed E-state index contributed by atoms with van der Waals surface area (Å²) < 4.78 is 0. The second-order valence-corrected chi connectivity index (χ2v) is 16.3. The summed E-state index contributed by atoms with van der Waals surface area (Å²) in [5.41, 5.74) is -0.0639. The van der Waals surface area contributed by atoms with Crippen molar-refractivity contribution < 1.29 is 53.4 Å². The number of hydrogen-bond acceptors (Lipinski definition) is 9. The molecule has 59 heavy (non-hydrogen) atoms. The third kappa shape index (κ3) is 14.8. The maximum Gasteiger partial charge on any atom is 0.405 e. The Morgan fingerprint density at radius 1 is 0.492 bits per heavy atom. The summed E-state index contributed by atoms with van der Waals surface area (Å²) in [6, 6.07) is 8.35. The molecule has 0 aromatic heterocycles. The number of carbonyl (C=O) groups is 9. The molecule has 0 saturated heterocycles. The van der Waals surface area contributed by atoms with Gasteiger partial charge in [-0.15, -0.1) is 0 Å². The number of ketones is 1. The smallest absolute Gasteiger partial charge is 0.405 e. The molecule has 0 aliphatic heterocycles. The summed E-state index contributed by atoms with van der Waals surface area (Å²) in [4.78, 5) is 127. The van der Waals surface area contributed by atoms with Crippen molar-refractivity contribution in [2.24, 2.45) is 23.7 Å². The Bertz CT molecular complexity index is 1690. The molecule has 0 radical (unpaired) electrons. The van der Waals surface area contributed by atoms with E-state index in [1.165, 1.54) is 48.5 Å². The van der Waals surface area contributed by atoms with Crippen LogP contribution in [0, 0.1) is 23.7 Å². The molecule has 4 N–H and O–H groups in total. The van der Waals surface area contributed by atoms with Gasteiger partial charge >= 0.3 is 12.2 Å². The van der Waals surface area contributed by atoms with Crippen LogP contribution >= 0.6 is 0 Å². The number of nitrogens with one attached hydrogen (secondary N) is 2. The van der Waals surface area contributed by atoms with Crippen LogP contribution in [0.2, 0.25) is 0 Å². The predicted molar refractivity (Wildman–Crippen MR) is 218 cm³/mol. The molecule has 0 unspecified atom stereocenters. The van der Waals surface area contributed by atoms with Crippen molar-refractivity contribution in [3.8, 4) is 0 Å². The zero-order chi connectivity index (χ0) is 44.7. The van der Waals surface area contributed by atoms with Crippen LogP contribution in [-0.2, 0) is 24.0 Å². The second-order valence-electron chi connectivity index (χ2n) is 16.3. The molecule has 0 saturated carbocycles. The number of hydrogen-bond donors (Lipinski definition) is 4. The molecular formula is C43H59N5O11. The van der Waals surface area contributed by atoms with Gasteiger partial charge in [0.15, 0.2) is 0 Å². The summed E-state index contributed by atoms with van der Waals surface area (Å²) in [6.07, 6.45) is -3.75. The first-order valence-corrected chi connectivity index (χ1v) is 19.8. The average molecular weight is 822 g/mol. The Hall–Kier alpha value is -5.93. The first kappa shape index (κ1) is 49.2. The van der Waals surface area contributed by atoms with Crippen LogP contribution < -0.4 is 10.6 Å². The Balaban J connectivity index is 2.99. The van der Waals surface area contributed by atoms with Gasteiger partial charge in [-0.25, -0.2) is 9.59 Å². The maximum atomic E-state index is 15.1. The zero-order valence-electron chi connectivity index (χ0n) is 35.3. The van der Waals surface area contributed by atoms with E-state index in [0.29, 0.717) is 14.7 Å². The summed E-state index contributed by atoms with van der Waals surface area (Å²) >= 11 is 0. The number of carboxylic acid groups (broad SMARTS) is 2. The normalized spacial score (nSPS) is 13.2. The number of amides is 8. The van der Waals surface area contributed by atoms with Crippen LogP contribution in [0.25, 0.3) is 0 Å². The van der Waals surface area contributed by atoms with Crippen LogP contribution in [0.5, 0.6) is 0 Å². The van der Waals surface area contributed by atoms with Crippen molar-refractivity contribution in [2.45, 2.75) is 112 Å². The lowest BCUT2D eigenvalue weighted by Crippen LogP contribution is -2.63. The summed E-state index contributed by atoms with van der Waals surface area (Å²) in [5, 5.41) is 23.7. The van der Waals surface area contributed by atoms with Gasteiger partial charge < -0.3 is 20.8 Å². The minimum Gasteiger partial charge on any atom is -0.465 e. The first-order chi connectivity index (χ1) is 27.6. The predicted octanol–water partition coefficient (Wildman–Crippen LogP) is 5.46. The number of rotatable bonds is 20. The topological polar surface area (TPSA) is 228 Å². The molecule has 2 aromatic carbocycles. The van der Waals surface area contributed by atoms with Crippen molar-refractivity contribution in [3.63, 3.8) is 0 Å². The van der Waals surface area contributed by atoms with Crippen LogP contribution in [0.4, 0.5) is 9.59 Å². The Labute approximate surface area is 345 Å². The van der Waals surface area contributed by atoms with E-state index in [9.17, 15) is 43.8 Å². The molecule has 0 bridgehead atoms. The molecule has 0 aliphatic rings. The van der Waals surface area contributed by atoms with E-state index in [0.717, 1.165) is 6.92 Å². The SMILES string of the molecule is CC(=O)CN(C(=O)[C@H](CC(C)C)N(C(=O)c1ccccc1)C(=O)[C@H](CC(C)C)NC(=O)O)C(=O)[C@H](CC(C)C)N(C(=O)c1ccccc1)C(=O)[C@H](CC(C)C)NC(=O)O. The lowest BCUT2D eigenvalue weighted by atomic mass is 9.95. The van der Waals surface area contributed by atoms with E-state index in [2.05, 4.69) is 10.6 Å². The molecule has 16 heteroatoms. The van der Waals surface area contributed by atoms with Crippen molar-refractivity contribution >= 4 is 53.4 Å². The average Bonchev–Trinajstić information content (AvgIpc) is 3.14. The van der Waals surface area contributed by atoms with Crippen LogP contribution in [0.3, 0.4) is 0 Å². The molecule has 16 nitrogen and oxygen atoms in total. The minimum atomic E-state index is -1.79. The Kier molecular flexibility index (Phi) is 19.1. The number of benzene rings is 2. The quantitative estimate of drug-likeness (QED) is 0.131. The van der Waals surface area contributed by atoms with Crippen molar-refractivity contribution in [3.05, 3.63) is 71.8 Å². The molecular weight excluding hydrogens is 762 g/mol. The highest BCUT2D eigenvalue weighted by molar-refractivity contribution is 6.14. The molecule has 322 valence electrons. The first-order valence-electron chi connectivity index (χ1n) is 19.8. The minimum absolute atomic E-state index is 0.0319. The van der Waals surface area contributed by atoms with E-state index in [-0.39, 0.29) is 48.6 Å². The highest BCUT2D eigenvalue weighted by atomic mass is 16.4. The number of Topliss-reactive ketones (excluding diaryl/α,β-unsaturated/α-hetero) is 1. The van der Waals surface area contributed by atoms with Gasteiger partial charge in [0.25, 0.3) is 35.4 Å². The van der Waals surface area contributed by atoms with Gasteiger partial charge in [0.2, 0.25) is 0 Å². The van der Waals surface area contributed by atoms with Crippen LogP contribution in [0.1, 0.15) is 109 Å². The number of nitrogens with zero attached hydrogens (tertiary/aromatic N) is 3. The molecule has 2 rings (SSSR count). The van der Waals surface area contributed by atoms with E-state index in [1.54, 1.807) is 67.5 Å². The maximum absolute atomic E-state index is 15.1. The van der Waals surface area contributed by atoms with E-state index in [1.807, 2.05) is 0 Å². The standard InChI is InChI=1S/C43H59N5O11/c1-25(2)20-32(44-42(56)57)38(52)47(36(50)30-16-12-10-13-17-30)34(22-27(5)6)40(54)46(24-29(9)49)41(55)35(23-28(7)8)48(37(51)31-18-14-11-15-19-31)39(53)33(21-26(3)4)45-43(58)59/h10-19,25-28,32-35,44-45H,20-24H2,1-9H3,(H,56,57)(H,58,59)/t32-,33-,34-,35-/m0/s1. The van der Waals surface area contributed by atoms with Gasteiger partial charge in [-0.2, -0.15) is 0 Å². The van der Waals surface area contributed by atoms with Gasteiger partial charge in [0.1, 0.15) is 30.0 Å². The fourth-order valence-corrected chi connectivity index (χ4v) is 6.62. The highest BCUT2D eigenvalue weighted by Crippen LogP contribution is 2.25. The van der Waals surface area contributed by atoms with Crippen molar-refractivity contribution in [1.29, 1.82) is 0 Å². The number of carbonyl (C=O) groups excluding carboxylic acids is 7. The van der Waals surface area contributed by atoms with Gasteiger partial charge in [-0.05, 0) is 80.5 Å². The van der Waals surface area contributed by atoms with Crippen molar-refractivity contribution in [1.82, 2.24) is 25.3 Å². The Morgan fingerprint density at radius 2 is 0.797 bits per heavy atom. The van der Waals surface area contributed by atoms with E-state index >= 15 is 9.59 Å². The highest BCUT2D eigenvalue weighted by Gasteiger charge is 2.47. The third-order valence-electron chi connectivity index (χ3n) is 9.06. The van der Waals surface area contributed by atoms with E-state index in [4.69, 9.17) is 0 Å². The third-order valence-corrected chi connectivity index (χ3v) is 9.06. The fraction of sp³-hybridized carbons (Fsp3) is 0.512. The molecule has 4 atom stereocenters. The van der Waals surface area contributed by atoms with Crippen LogP contribution in [-0.4, -0.2) is 109 Å². The van der Waals surface area contributed by atoms with Gasteiger partial charge in [0, 0.05) is 11.1 Å². The van der Waals surface area contributed by atoms with Crippen LogP contribution in [0.15, 0.2) is 60.7 Å². The molecule has 8 amide bonds. The zero-order valence-corrected chi connectivity index (χ0v) is 35.3. The molecule has 2 aromatic rings.